The first-order valence-electron chi connectivity index (χ1n) is 8.51. The van der Waals surface area contributed by atoms with E-state index in [4.69, 9.17) is 14.2 Å². The fourth-order valence-corrected chi connectivity index (χ4v) is 3.48. The zero-order valence-electron chi connectivity index (χ0n) is 15.1. The SMILES string of the molecule is COc1ccc2cc(Cc3ccc[nH]3)c3cc(OC)c(OC)cc3c2c1. The van der Waals surface area contributed by atoms with Gasteiger partial charge in [0, 0.05) is 18.3 Å². The van der Waals surface area contributed by atoms with E-state index in [2.05, 4.69) is 35.3 Å². The van der Waals surface area contributed by atoms with E-state index in [0.717, 1.165) is 39.8 Å². The lowest BCUT2D eigenvalue weighted by atomic mass is 9.94. The van der Waals surface area contributed by atoms with Crippen LogP contribution in [0.4, 0.5) is 0 Å². The van der Waals surface area contributed by atoms with E-state index in [0.29, 0.717) is 0 Å². The van der Waals surface area contributed by atoms with Crippen LogP contribution in [0.15, 0.2) is 54.7 Å². The van der Waals surface area contributed by atoms with Gasteiger partial charge >= 0.3 is 0 Å². The van der Waals surface area contributed by atoms with Crippen molar-refractivity contribution in [3.8, 4) is 17.2 Å². The smallest absolute Gasteiger partial charge is 0.161 e. The molecule has 0 aliphatic rings. The fraction of sp³-hybridized carbons (Fsp3) is 0.182. The Balaban J connectivity index is 2.05. The van der Waals surface area contributed by atoms with Crippen molar-refractivity contribution in [1.29, 1.82) is 0 Å². The predicted octanol–water partition coefficient (Wildman–Crippen LogP) is 4.94. The van der Waals surface area contributed by atoms with Gasteiger partial charge in [0.2, 0.25) is 0 Å². The third-order valence-corrected chi connectivity index (χ3v) is 4.79. The third kappa shape index (κ3) is 2.73. The zero-order chi connectivity index (χ0) is 18.1. The lowest BCUT2D eigenvalue weighted by Crippen LogP contribution is -1.95. The Hall–Kier alpha value is -3.14. The van der Waals surface area contributed by atoms with Gasteiger partial charge in [-0.1, -0.05) is 12.1 Å². The molecule has 0 unspecified atom stereocenters. The Kier molecular flexibility index (Phi) is 4.17. The average Bonchev–Trinajstić information content (AvgIpc) is 3.19. The minimum absolute atomic E-state index is 0.723. The van der Waals surface area contributed by atoms with Crippen molar-refractivity contribution in [2.45, 2.75) is 6.42 Å². The van der Waals surface area contributed by atoms with Crippen molar-refractivity contribution in [3.05, 3.63) is 66.0 Å². The highest BCUT2D eigenvalue weighted by atomic mass is 16.5. The highest BCUT2D eigenvalue weighted by Crippen LogP contribution is 2.39. The van der Waals surface area contributed by atoms with Crippen LogP contribution < -0.4 is 14.2 Å². The number of nitrogens with one attached hydrogen (secondary N) is 1. The lowest BCUT2D eigenvalue weighted by molar-refractivity contribution is 0.356. The molecule has 4 rings (SSSR count). The van der Waals surface area contributed by atoms with Crippen LogP contribution in [-0.4, -0.2) is 26.3 Å². The van der Waals surface area contributed by atoms with Crippen LogP contribution >= 0.6 is 0 Å². The van der Waals surface area contributed by atoms with E-state index in [1.807, 2.05) is 24.4 Å². The molecule has 0 fully saturated rings. The van der Waals surface area contributed by atoms with Gasteiger partial charge in [0.05, 0.1) is 21.3 Å². The Morgan fingerprint density at radius 1 is 0.769 bits per heavy atom. The maximum atomic E-state index is 5.53. The maximum absolute atomic E-state index is 5.53. The van der Waals surface area contributed by atoms with Gasteiger partial charge in [-0.3, -0.25) is 0 Å². The first kappa shape index (κ1) is 16.3. The molecule has 0 atom stereocenters. The van der Waals surface area contributed by atoms with Gasteiger partial charge in [-0.15, -0.1) is 0 Å². The van der Waals surface area contributed by atoms with Gasteiger partial charge < -0.3 is 19.2 Å². The van der Waals surface area contributed by atoms with Gasteiger partial charge in [0.1, 0.15) is 5.75 Å². The molecule has 0 aliphatic carbocycles. The molecule has 0 saturated heterocycles. The van der Waals surface area contributed by atoms with Crippen LogP contribution in [0, 0.1) is 0 Å². The second kappa shape index (κ2) is 6.64. The van der Waals surface area contributed by atoms with Crippen molar-refractivity contribution in [2.24, 2.45) is 0 Å². The van der Waals surface area contributed by atoms with Crippen molar-refractivity contribution in [2.75, 3.05) is 21.3 Å². The van der Waals surface area contributed by atoms with E-state index in [1.165, 1.54) is 16.6 Å². The summed E-state index contributed by atoms with van der Waals surface area (Å²) < 4.78 is 16.5. The minimum Gasteiger partial charge on any atom is -0.497 e. The lowest BCUT2D eigenvalue weighted by Gasteiger charge is -2.15. The number of fused-ring (bicyclic) bond motifs is 3. The van der Waals surface area contributed by atoms with Crippen LogP contribution in [0.5, 0.6) is 17.2 Å². The Morgan fingerprint density at radius 3 is 2.19 bits per heavy atom. The number of rotatable bonds is 5. The number of aromatic amines is 1. The molecule has 26 heavy (non-hydrogen) atoms. The van der Waals surface area contributed by atoms with Crippen LogP contribution in [0.25, 0.3) is 21.5 Å². The summed E-state index contributed by atoms with van der Waals surface area (Å²) in [6.45, 7) is 0. The van der Waals surface area contributed by atoms with E-state index in [-0.39, 0.29) is 0 Å². The van der Waals surface area contributed by atoms with Gasteiger partial charge in [-0.2, -0.15) is 0 Å². The second-order valence-corrected chi connectivity index (χ2v) is 6.25. The Bertz CT molecular complexity index is 1070. The van der Waals surface area contributed by atoms with Crippen LogP contribution in [-0.2, 0) is 6.42 Å². The number of ether oxygens (including phenoxy) is 3. The number of hydrogen-bond acceptors (Lipinski definition) is 3. The normalized spacial score (nSPS) is 11.0. The third-order valence-electron chi connectivity index (χ3n) is 4.79. The summed E-state index contributed by atoms with van der Waals surface area (Å²) in [7, 11) is 5.01. The summed E-state index contributed by atoms with van der Waals surface area (Å²) in [5.74, 6) is 2.29. The number of methoxy groups -OCH3 is 3. The molecule has 0 radical (unpaired) electrons. The number of benzene rings is 3. The standard InChI is InChI=1S/C22H21NO3/c1-24-17-7-6-14-9-15(10-16-5-4-8-23-16)19-12-21(25-2)22(26-3)13-20(19)18(14)11-17/h4-9,11-13,23H,10H2,1-3H3. The highest BCUT2D eigenvalue weighted by molar-refractivity contribution is 6.10. The van der Waals surface area contributed by atoms with Crippen LogP contribution in [0.2, 0.25) is 0 Å². The summed E-state index contributed by atoms with van der Waals surface area (Å²) >= 11 is 0. The molecule has 3 aromatic carbocycles. The maximum Gasteiger partial charge on any atom is 0.161 e. The molecule has 0 spiro atoms. The first-order valence-corrected chi connectivity index (χ1v) is 8.51. The molecule has 4 heteroatoms. The van der Waals surface area contributed by atoms with Crippen molar-refractivity contribution < 1.29 is 14.2 Å². The van der Waals surface area contributed by atoms with Crippen molar-refractivity contribution in [1.82, 2.24) is 4.98 Å². The summed E-state index contributed by atoms with van der Waals surface area (Å²) in [5.41, 5.74) is 2.41. The summed E-state index contributed by atoms with van der Waals surface area (Å²) in [6.07, 6.45) is 2.77. The minimum atomic E-state index is 0.723. The molecular formula is C22H21NO3. The summed E-state index contributed by atoms with van der Waals surface area (Å²) in [4.78, 5) is 3.29. The monoisotopic (exact) mass is 347 g/mol. The molecule has 1 N–H and O–H groups in total. The molecule has 4 aromatic rings. The number of aromatic nitrogens is 1. The zero-order valence-corrected chi connectivity index (χ0v) is 15.1. The predicted molar refractivity (Wildman–Crippen MR) is 105 cm³/mol. The first-order chi connectivity index (χ1) is 12.7. The largest absolute Gasteiger partial charge is 0.497 e. The molecule has 0 aliphatic heterocycles. The van der Waals surface area contributed by atoms with Gasteiger partial charge in [-0.25, -0.2) is 0 Å². The van der Waals surface area contributed by atoms with Gasteiger partial charge in [0.25, 0.3) is 0 Å². The molecule has 132 valence electrons. The number of hydrogen-bond donors (Lipinski definition) is 1. The van der Waals surface area contributed by atoms with E-state index in [9.17, 15) is 0 Å². The molecule has 0 bridgehead atoms. The quantitative estimate of drug-likeness (QED) is 0.520. The fourth-order valence-electron chi connectivity index (χ4n) is 3.48. The second-order valence-electron chi connectivity index (χ2n) is 6.25. The van der Waals surface area contributed by atoms with Crippen molar-refractivity contribution in [3.63, 3.8) is 0 Å². The van der Waals surface area contributed by atoms with E-state index >= 15 is 0 Å². The van der Waals surface area contributed by atoms with Crippen LogP contribution in [0.1, 0.15) is 11.3 Å². The summed E-state index contributed by atoms with van der Waals surface area (Å²) in [5, 5.41) is 4.58. The average molecular weight is 347 g/mol. The Morgan fingerprint density at radius 2 is 1.54 bits per heavy atom. The molecule has 0 saturated carbocycles. The molecule has 4 nitrogen and oxygen atoms in total. The topological polar surface area (TPSA) is 43.5 Å². The number of H-pyrrole nitrogens is 1. The molecule has 1 heterocycles. The highest BCUT2D eigenvalue weighted by Gasteiger charge is 2.13. The van der Waals surface area contributed by atoms with Gasteiger partial charge in [0.15, 0.2) is 11.5 Å². The molecule has 1 aromatic heterocycles. The van der Waals surface area contributed by atoms with E-state index < -0.39 is 0 Å². The van der Waals surface area contributed by atoms with Gasteiger partial charge in [-0.05, 0) is 63.5 Å². The summed E-state index contributed by atoms with van der Waals surface area (Å²) in [6, 6.07) is 16.6. The molecule has 0 amide bonds. The van der Waals surface area contributed by atoms with Crippen molar-refractivity contribution >= 4 is 21.5 Å². The molecular weight excluding hydrogens is 326 g/mol. The van der Waals surface area contributed by atoms with Crippen LogP contribution in [0.3, 0.4) is 0 Å². The van der Waals surface area contributed by atoms with E-state index in [1.54, 1.807) is 21.3 Å². The Labute approximate surface area is 152 Å².